The maximum Gasteiger partial charge on any atom is 0.343 e. The summed E-state index contributed by atoms with van der Waals surface area (Å²) in [6.07, 6.45) is 1.64. The van der Waals surface area contributed by atoms with Gasteiger partial charge in [0.1, 0.15) is 17.0 Å². The molecular weight excluding hydrogens is 360 g/mol. The number of benzene rings is 2. The molecule has 0 aliphatic carbocycles. The molecule has 8 nitrogen and oxygen atoms in total. The molecule has 2 N–H and O–H groups in total. The van der Waals surface area contributed by atoms with Crippen LogP contribution in [0.15, 0.2) is 48.7 Å². The van der Waals surface area contributed by atoms with E-state index in [4.69, 9.17) is 9.47 Å². The first kappa shape index (κ1) is 17.5. The number of nitrogens with zero attached hydrogens (tertiary/aromatic N) is 2. The Kier molecular flexibility index (Phi) is 4.36. The van der Waals surface area contributed by atoms with E-state index in [1.807, 2.05) is 24.3 Å². The molecule has 1 amide bonds. The number of aromatic amines is 1. The fourth-order valence-electron chi connectivity index (χ4n) is 2.97. The number of ether oxygens (including phenoxy) is 2. The van der Waals surface area contributed by atoms with E-state index in [2.05, 4.69) is 20.3 Å². The van der Waals surface area contributed by atoms with Gasteiger partial charge in [-0.1, -0.05) is 24.3 Å². The highest BCUT2D eigenvalue weighted by molar-refractivity contribution is 6.07. The van der Waals surface area contributed by atoms with Crippen LogP contribution in [0.2, 0.25) is 0 Å². The third-order valence-electron chi connectivity index (χ3n) is 4.33. The van der Waals surface area contributed by atoms with Gasteiger partial charge in [0.05, 0.1) is 25.3 Å². The Morgan fingerprint density at radius 3 is 2.61 bits per heavy atom. The van der Waals surface area contributed by atoms with Crippen molar-refractivity contribution in [2.45, 2.75) is 0 Å². The Bertz CT molecular complexity index is 1220. The number of methoxy groups -OCH3 is 2. The number of H-pyrrole nitrogens is 1. The van der Waals surface area contributed by atoms with Crippen LogP contribution >= 0.6 is 0 Å². The van der Waals surface area contributed by atoms with Gasteiger partial charge in [-0.05, 0) is 23.6 Å². The molecule has 0 radical (unpaired) electrons. The molecule has 0 aliphatic heterocycles. The van der Waals surface area contributed by atoms with Gasteiger partial charge in [0.25, 0.3) is 5.91 Å². The van der Waals surface area contributed by atoms with Crippen LogP contribution in [-0.4, -0.2) is 41.0 Å². The maximum atomic E-state index is 12.6. The number of esters is 1. The van der Waals surface area contributed by atoms with Crippen molar-refractivity contribution in [2.24, 2.45) is 0 Å². The number of aromatic nitrogens is 3. The van der Waals surface area contributed by atoms with Crippen LogP contribution in [0.4, 0.5) is 5.95 Å². The molecule has 0 bridgehead atoms. The number of hydrogen-bond donors (Lipinski definition) is 2. The monoisotopic (exact) mass is 376 g/mol. The van der Waals surface area contributed by atoms with Gasteiger partial charge in [-0.3, -0.25) is 15.1 Å². The molecule has 2 aromatic heterocycles. The largest absolute Gasteiger partial charge is 0.496 e. The highest BCUT2D eigenvalue weighted by atomic mass is 16.5. The second kappa shape index (κ2) is 6.99. The first-order valence-electron chi connectivity index (χ1n) is 8.42. The van der Waals surface area contributed by atoms with Crippen LogP contribution in [0.3, 0.4) is 0 Å². The normalized spacial score (nSPS) is 10.8. The average molecular weight is 376 g/mol. The fraction of sp³-hybridized carbons (Fsp3) is 0.100. The molecule has 0 atom stereocenters. The van der Waals surface area contributed by atoms with Gasteiger partial charge < -0.3 is 14.5 Å². The average Bonchev–Trinajstić information content (AvgIpc) is 3.14. The molecule has 0 spiro atoms. The Morgan fingerprint density at radius 2 is 1.86 bits per heavy atom. The number of hydrogen-bond acceptors (Lipinski definition) is 6. The van der Waals surface area contributed by atoms with Crippen LogP contribution < -0.4 is 10.1 Å². The van der Waals surface area contributed by atoms with Gasteiger partial charge >= 0.3 is 5.97 Å². The molecule has 4 rings (SSSR count). The molecule has 140 valence electrons. The van der Waals surface area contributed by atoms with Crippen molar-refractivity contribution in [3.8, 4) is 5.75 Å². The number of imidazole rings is 1. The predicted octanol–water partition coefficient (Wildman–Crippen LogP) is 3.16. The van der Waals surface area contributed by atoms with E-state index >= 15 is 0 Å². The molecule has 0 saturated heterocycles. The van der Waals surface area contributed by atoms with E-state index in [9.17, 15) is 9.59 Å². The van der Waals surface area contributed by atoms with Crippen molar-refractivity contribution in [2.75, 3.05) is 19.5 Å². The van der Waals surface area contributed by atoms with E-state index in [-0.39, 0.29) is 17.2 Å². The smallest absolute Gasteiger partial charge is 0.343 e. The molecule has 0 unspecified atom stereocenters. The van der Waals surface area contributed by atoms with Gasteiger partial charge in [0.15, 0.2) is 0 Å². The van der Waals surface area contributed by atoms with Crippen LogP contribution in [-0.2, 0) is 4.74 Å². The van der Waals surface area contributed by atoms with Crippen molar-refractivity contribution >= 4 is 39.6 Å². The molecule has 2 aromatic carbocycles. The topological polar surface area (TPSA) is 106 Å². The minimum Gasteiger partial charge on any atom is -0.496 e. The molecule has 0 aliphatic rings. The van der Waals surface area contributed by atoms with Crippen molar-refractivity contribution < 1.29 is 19.1 Å². The molecule has 0 saturated carbocycles. The van der Waals surface area contributed by atoms with E-state index < -0.39 is 11.9 Å². The minimum atomic E-state index is -0.569. The van der Waals surface area contributed by atoms with E-state index in [0.29, 0.717) is 16.8 Å². The summed E-state index contributed by atoms with van der Waals surface area (Å²) >= 11 is 0. The van der Waals surface area contributed by atoms with E-state index in [1.165, 1.54) is 14.2 Å². The van der Waals surface area contributed by atoms with E-state index in [1.54, 1.807) is 24.4 Å². The summed E-state index contributed by atoms with van der Waals surface area (Å²) in [5.41, 5.74) is 1.36. The molecular formula is C20H16N4O4. The van der Waals surface area contributed by atoms with Gasteiger partial charge in [0, 0.05) is 11.6 Å². The predicted molar refractivity (Wildman–Crippen MR) is 104 cm³/mol. The Balaban J connectivity index is 1.69. The van der Waals surface area contributed by atoms with Gasteiger partial charge in [-0.2, -0.15) is 0 Å². The number of nitrogens with one attached hydrogen (secondary N) is 2. The molecule has 2 heterocycles. The van der Waals surface area contributed by atoms with Crippen LogP contribution in [0.5, 0.6) is 5.75 Å². The number of fused-ring (bicyclic) bond motifs is 2. The highest BCUT2D eigenvalue weighted by Gasteiger charge is 2.20. The zero-order valence-electron chi connectivity index (χ0n) is 15.1. The summed E-state index contributed by atoms with van der Waals surface area (Å²) in [5, 5.41) is 4.52. The zero-order valence-corrected chi connectivity index (χ0v) is 15.1. The Hall–Kier alpha value is -3.94. The maximum absolute atomic E-state index is 12.6. The Morgan fingerprint density at radius 1 is 1.07 bits per heavy atom. The zero-order chi connectivity index (χ0) is 19.7. The van der Waals surface area contributed by atoms with Gasteiger partial charge in [-0.15, -0.1) is 0 Å². The molecule has 28 heavy (non-hydrogen) atoms. The van der Waals surface area contributed by atoms with Crippen LogP contribution in [0.25, 0.3) is 21.8 Å². The Labute approximate surface area is 159 Å². The van der Waals surface area contributed by atoms with Gasteiger partial charge in [0.2, 0.25) is 5.95 Å². The molecule has 0 fully saturated rings. The van der Waals surface area contributed by atoms with Crippen molar-refractivity contribution in [3.63, 3.8) is 0 Å². The fourth-order valence-corrected chi connectivity index (χ4v) is 2.97. The summed E-state index contributed by atoms with van der Waals surface area (Å²) < 4.78 is 10.1. The summed E-state index contributed by atoms with van der Waals surface area (Å²) in [4.78, 5) is 36.2. The first-order chi connectivity index (χ1) is 13.6. The standard InChI is InChI=1S/C20H16N4O4/c1-27-15-8-7-13-17(16(15)19(26)28-2)23-20(22-13)24-18(25)14-9-11-5-3-4-6-12(11)10-21-14/h3-10H,1-2H3,(H2,22,23,24,25). The second-order valence-corrected chi connectivity index (χ2v) is 5.98. The summed E-state index contributed by atoms with van der Waals surface area (Å²) in [6.45, 7) is 0. The summed E-state index contributed by atoms with van der Waals surface area (Å²) in [5.74, 6) is -0.456. The third-order valence-corrected chi connectivity index (χ3v) is 4.33. The minimum absolute atomic E-state index is 0.188. The second-order valence-electron chi connectivity index (χ2n) is 5.98. The first-order valence-corrected chi connectivity index (χ1v) is 8.42. The molecule has 8 heteroatoms. The van der Waals surface area contributed by atoms with Gasteiger partial charge in [-0.25, -0.2) is 9.78 Å². The number of amides is 1. The van der Waals surface area contributed by atoms with E-state index in [0.717, 1.165) is 10.8 Å². The lowest BCUT2D eigenvalue weighted by molar-refractivity contribution is 0.0599. The number of carbonyl (C=O) groups is 2. The number of carbonyl (C=O) groups excluding carboxylic acids is 2. The number of anilines is 1. The van der Waals surface area contributed by atoms with Crippen molar-refractivity contribution in [1.82, 2.24) is 15.0 Å². The lowest BCUT2D eigenvalue weighted by atomic mass is 10.1. The van der Waals surface area contributed by atoms with Crippen molar-refractivity contribution in [3.05, 3.63) is 59.9 Å². The molecule has 4 aromatic rings. The lowest BCUT2D eigenvalue weighted by Gasteiger charge is -2.06. The van der Waals surface area contributed by atoms with Crippen LogP contribution in [0.1, 0.15) is 20.8 Å². The summed E-state index contributed by atoms with van der Waals surface area (Å²) in [7, 11) is 2.74. The van der Waals surface area contributed by atoms with Crippen molar-refractivity contribution in [1.29, 1.82) is 0 Å². The number of pyridine rings is 1. The lowest BCUT2D eigenvalue weighted by Crippen LogP contribution is -2.14. The third kappa shape index (κ3) is 3.01. The quantitative estimate of drug-likeness (QED) is 0.530. The summed E-state index contributed by atoms with van der Waals surface area (Å²) in [6, 6.07) is 12.6. The SMILES string of the molecule is COC(=O)c1c(OC)ccc2nc(NC(=O)c3cc4ccccc4cn3)[nH]c12. The van der Waals surface area contributed by atoms with Crippen LogP contribution in [0, 0.1) is 0 Å². The number of rotatable bonds is 4. The highest BCUT2D eigenvalue weighted by Crippen LogP contribution is 2.28.